The highest BCUT2D eigenvalue weighted by Gasteiger charge is 2.28. The van der Waals surface area contributed by atoms with Crippen molar-refractivity contribution in [1.82, 2.24) is 4.98 Å². The SMILES string of the molecule is COC(=O)c1c(C)[nH]c(C(=O)[C@@H](C)OC(=O)c2ccccc2Nc2cccc(C)c2C)c1C. The van der Waals surface area contributed by atoms with Crippen LogP contribution in [0.2, 0.25) is 0 Å². The van der Waals surface area contributed by atoms with E-state index >= 15 is 0 Å². The highest BCUT2D eigenvalue weighted by molar-refractivity contribution is 6.05. The van der Waals surface area contributed by atoms with Crippen molar-refractivity contribution in [3.63, 3.8) is 0 Å². The van der Waals surface area contributed by atoms with Crippen LogP contribution in [-0.4, -0.2) is 35.9 Å². The molecule has 7 heteroatoms. The lowest BCUT2D eigenvalue weighted by molar-refractivity contribution is 0.0317. The van der Waals surface area contributed by atoms with Gasteiger partial charge >= 0.3 is 11.9 Å². The number of methoxy groups -OCH3 is 1. The maximum absolute atomic E-state index is 13.0. The molecule has 0 amide bonds. The van der Waals surface area contributed by atoms with Crippen LogP contribution in [0, 0.1) is 27.7 Å². The Morgan fingerprint density at radius 2 is 1.55 bits per heavy atom. The monoisotopic (exact) mass is 448 g/mol. The largest absolute Gasteiger partial charge is 0.465 e. The summed E-state index contributed by atoms with van der Waals surface area (Å²) in [6.45, 7) is 8.86. The fourth-order valence-electron chi connectivity index (χ4n) is 3.69. The zero-order valence-corrected chi connectivity index (χ0v) is 19.7. The second-order valence-electron chi connectivity index (χ2n) is 7.95. The number of ether oxygens (including phenoxy) is 2. The van der Waals surface area contributed by atoms with Gasteiger partial charge in [-0.15, -0.1) is 0 Å². The Morgan fingerprint density at radius 1 is 0.879 bits per heavy atom. The number of aromatic amines is 1. The average Bonchev–Trinajstić information content (AvgIpc) is 3.09. The van der Waals surface area contributed by atoms with Gasteiger partial charge in [0.05, 0.1) is 29.6 Å². The van der Waals surface area contributed by atoms with Crippen molar-refractivity contribution in [2.75, 3.05) is 12.4 Å². The number of hydrogen-bond donors (Lipinski definition) is 2. The van der Waals surface area contributed by atoms with E-state index in [-0.39, 0.29) is 5.69 Å². The number of H-pyrrole nitrogens is 1. The number of esters is 2. The standard InChI is InChI=1S/C26H28N2O5/c1-14-10-9-13-20(15(14)2)28-21-12-8-7-11-19(21)25(30)33-18(5)24(29)23-16(3)22(17(4)27-23)26(31)32-6/h7-13,18,27-28H,1-6H3/t18-/m1/s1. The Bertz CT molecular complexity index is 1230. The number of anilines is 2. The molecule has 0 saturated carbocycles. The summed E-state index contributed by atoms with van der Waals surface area (Å²) in [5, 5.41) is 3.29. The Balaban J connectivity index is 1.82. The number of Topliss-reactive ketones (excluding diaryl/α,β-unsaturated/α-hetero) is 1. The van der Waals surface area contributed by atoms with Gasteiger partial charge in [-0.3, -0.25) is 4.79 Å². The molecule has 1 atom stereocenters. The summed E-state index contributed by atoms with van der Waals surface area (Å²) < 4.78 is 10.3. The van der Waals surface area contributed by atoms with Crippen LogP contribution in [0.5, 0.6) is 0 Å². The van der Waals surface area contributed by atoms with Gasteiger partial charge in [0.1, 0.15) is 0 Å². The van der Waals surface area contributed by atoms with Crippen molar-refractivity contribution in [2.45, 2.75) is 40.7 Å². The molecule has 0 aliphatic carbocycles. The molecule has 0 saturated heterocycles. The van der Waals surface area contributed by atoms with Crippen molar-refractivity contribution < 1.29 is 23.9 Å². The number of aromatic nitrogens is 1. The van der Waals surface area contributed by atoms with Gasteiger partial charge < -0.3 is 19.8 Å². The van der Waals surface area contributed by atoms with Gasteiger partial charge in [-0.05, 0) is 69.5 Å². The molecule has 2 aromatic carbocycles. The van der Waals surface area contributed by atoms with Gasteiger partial charge in [-0.1, -0.05) is 24.3 Å². The predicted octanol–water partition coefficient (Wildman–Crippen LogP) is 5.21. The first-order chi connectivity index (χ1) is 15.6. The molecule has 2 N–H and O–H groups in total. The summed E-state index contributed by atoms with van der Waals surface area (Å²) in [6.07, 6.45) is -1.06. The van der Waals surface area contributed by atoms with Crippen LogP contribution >= 0.6 is 0 Å². The molecule has 3 aromatic rings. The predicted molar refractivity (Wildman–Crippen MR) is 126 cm³/mol. The second-order valence-corrected chi connectivity index (χ2v) is 7.95. The number of nitrogens with one attached hydrogen (secondary N) is 2. The van der Waals surface area contributed by atoms with E-state index in [2.05, 4.69) is 10.3 Å². The number of carbonyl (C=O) groups excluding carboxylic acids is 3. The number of carbonyl (C=O) groups is 3. The minimum atomic E-state index is -1.06. The molecular formula is C26H28N2O5. The van der Waals surface area contributed by atoms with Crippen molar-refractivity contribution >= 4 is 29.1 Å². The van der Waals surface area contributed by atoms with Crippen LogP contribution in [0.4, 0.5) is 11.4 Å². The van der Waals surface area contributed by atoms with E-state index in [1.807, 2.05) is 38.1 Å². The molecule has 0 unspecified atom stereocenters. The fourth-order valence-corrected chi connectivity index (χ4v) is 3.69. The molecule has 1 aromatic heterocycles. The number of hydrogen-bond acceptors (Lipinski definition) is 6. The molecule has 172 valence electrons. The lowest BCUT2D eigenvalue weighted by Crippen LogP contribution is -2.25. The molecule has 7 nitrogen and oxygen atoms in total. The molecule has 0 radical (unpaired) electrons. The zero-order chi connectivity index (χ0) is 24.3. The van der Waals surface area contributed by atoms with Crippen LogP contribution in [0.1, 0.15) is 60.5 Å². The van der Waals surface area contributed by atoms with Crippen molar-refractivity contribution in [3.05, 3.63) is 81.7 Å². The highest BCUT2D eigenvalue weighted by atomic mass is 16.5. The van der Waals surface area contributed by atoms with Crippen LogP contribution in [0.15, 0.2) is 42.5 Å². The summed E-state index contributed by atoms with van der Waals surface area (Å²) in [7, 11) is 1.28. The third-order valence-corrected chi connectivity index (χ3v) is 5.75. The van der Waals surface area contributed by atoms with Crippen molar-refractivity contribution in [2.24, 2.45) is 0 Å². The van der Waals surface area contributed by atoms with E-state index < -0.39 is 23.8 Å². The molecule has 1 heterocycles. The average molecular weight is 449 g/mol. The van der Waals surface area contributed by atoms with Gasteiger partial charge in [0, 0.05) is 11.4 Å². The van der Waals surface area contributed by atoms with Gasteiger partial charge in [0.25, 0.3) is 0 Å². The van der Waals surface area contributed by atoms with Crippen LogP contribution in [0.25, 0.3) is 0 Å². The third kappa shape index (κ3) is 4.82. The quantitative estimate of drug-likeness (QED) is 0.381. The molecule has 0 bridgehead atoms. The number of rotatable bonds is 7. The summed E-state index contributed by atoms with van der Waals surface area (Å²) in [5.41, 5.74) is 5.48. The third-order valence-electron chi connectivity index (χ3n) is 5.75. The van der Waals surface area contributed by atoms with E-state index in [0.717, 1.165) is 16.8 Å². The lowest BCUT2D eigenvalue weighted by atomic mass is 10.1. The molecule has 3 rings (SSSR count). The van der Waals surface area contributed by atoms with Gasteiger partial charge in [-0.2, -0.15) is 0 Å². The molecule has 0 aliphatic rings. The number of para-hydroxylation sites is 1. The minimum absolute atomic E-state index is 0.218. The van der Waals surface area contributed by atoms with Crippen LogP contribution in [0.3, 0.4) is 0 Å². The fraction of sp³-hybridized carbons (Fsp3) is 0.269. The summed E-state index contributed by atoms with van der Waals surface area (Å²) in [6, 6.07) is 12.9. The maximum Gasteiger partial charge on any atom is 0.340 e. The smallest absolute Gasteiger partial charge is 0.340 e. The van der Waals surface area contributed by atoms with E-state index in [9.17, 15) is 14.4 Å². The van der Waals surface area contributed by atoms with E-state index in [4.69, 9.17) is 9.47 Å². The van der Waals surface area contributed by atoms with Gasteiger partial charge in [0.2, 0.25) is 5.78 Å². The zero-order valence-electron chi connectivity index (χ0n) is 19.7. The minimum Gasteiger partial charge on any atom is -0.465 e. The van der Waals surface area contributed by atoms with Gasteiger partial charge in [-0.25, -0.2) is 9.59 Å². The number of benzene rings is 2. The Kier molecular flexibility index (Phi) is 7.01. The summed E-state index contributed by atoms with van der Waals surface area (Å²) in [5.74, 6) is -1.59. The number of ketones is 1. The second kappa shape index (κ2) is 9.73. The van der Waals surface area contributed by atoms with Crippen molar-refractivity contribution in [3.8, 4) is 0 Å². The first-order valence-electron chi connectivity index (χ1n) is 10.6. The molecule has 0 fully saturated rings. The Labute approximate surface area is 193 Å². The highest BCUT2D eigenvalue weighted by Crippen LogP contribution is 2.26. The summed E-state index contributed by atoms with van der Waals surface area (Å²) in [4.78, 5) is 40.9. The first kappa shape index (κ1) is 23.8. The first-order valence-corrected chi connectivity index (χ1v) is 10.6. The van der Waals surface area contributed by atoms with E-state index in [1.165, 1.54) is 14.0 Å². The lowest BCUT2D eigenvalue weighted by Gasteiger charge is -2.16. The number of aryl methyl sites for hydroxylation is 2. The van der Waals surface area contributed by atoms with E-state index in [1.54, 1.807) is 32.0 Å². The topological polar surface area (TPSA) is 97.5 Å². The Hall–Kier alpha value is -3.87. The molecular weight excluding hydrogens is 420 g/mol. The normalized spacial score (nSPS) is 11.6. The molecule has 0 aliphatic heterocycles. The van der Waals surface area contributed by atoms with Crippen LogP contribution in [-0.2, 0) is 9.47 Å². The van der Waals surface area contributed by atoms with Crippen molar-refractivity contribution in [1.29, 1.82) is 0 Å². The molecule has 0 spiro atoms. The Morgan fingerprint density at radius 3 is 2.24 bits per heavy atom. The summed E-state index contributed by atoms with van der Waals surface area (Å²) >= 11 is 0. The molecule has 33 heavy (non-hydrogen) atoms. The van der Waals surface area contributed by atoms with Gasteiger partial charge in [0.15, 0.2) is 6.10 Å². The maximum atomic E-state index is 13.0. The van der Waals surface area contributed by atoms with E-state index in [0.29, 0.717) is 28.1 Å². The van der Waals surface area contributed by atoms with Crippen LogP contribution < -0.4 is 5.32 Å².